The second-order valence-corrected chi connectivity index (χ2v) is 5.78. The lowest BCUT2D eigenvalue weighted by Crippen LogP contribution is -2.16. The van der Waals surface area contributed by atoms with Crippen LogP contribution < -0.4 is 9.46 Å². The Balaban J connectivity index is 2.38. The van der Waals surface area contributed by atoms with E-state index >= 15 is 0 Å². The maximum Gasteiger partial charge on any atom is 0.267 e. The first-order valence-electron chi connectivity index (χ1n) is 5.45. The first-order chi connectivity index (χ1) is 9.42. The molecule has 0 aliphatic heterocycles. The molecule has 20 heavy (non-hydrogen) atoms. The van der Waals surface area contributed by atoms with E-state index in [9.17, 15) is 8.42 Å². The molecule has 106 valence electrons. The number of pyridine rings is 1. The third-order valence-electron chi connectivity index (χ3n) is 2.28. The maximum absolute atomic E-state index is 12.2. The SMILES string of the molecule is COc1cc(C)nc(NS(=O)(=O)c2cccnc2Cl)n1. The number of aromatic nitrogens is 3. The van der Waals surface area contributed by atoms with E-state index < -0.39 is 10.0 Å². The van der Waals surface area contributed by atoms with Gasteiger partial charge in [0.1, 0.15) is 10.0 Å². The second kappa shape index (κ2) is 5.59. The summed E-state index contributed by atoms with van der Waals surface area (Å²) in [5.74, 6) is 0.161. The van der Waals surface area contributed by atoms with Gasteiger partial charge in [-0.05, 0) is 19.1 Å². The van der Waals surface area contributed by atoms with Crippen LogP contribution in [0, 0.1) is 6.92 Å². The highest BCUT2D eigenvalue weighted by atomic mass is 35.5. The molecule has 0 aromatic carbocycles. The zero-order valence-electron chi connectivity index (χ0n) is 10.7. The molecule has 0 saturated carbocycles. The van der Waals surface area contributed by atoms with Gasteiger partial charge >= 0.3 is 0 Å². The van der Waals surface area contributed by atoms with Crippen LogP contribution in [-0.2, 0) is 10.0 Å². The fraction of sp³-hybridized carbons (Fsp3) is 0.182. The number of anilines is 1. The topological polar surface area (TPSA) is 94.1 Å². The van der Waals surface area contributed by atoms with Crippen molar-refractivity contribution in [2.75, 3.05) is 11.8 Å². The second-order valence-electron chi connectivity index (χ2n) is 3.77. The lowest BCUT2D eigenvalue weighted by atomic mass is 10.4. The number of hydrogen-bond donors (Lipinski definition) is 1. The molecule has 0 saturated heterocycles. The molecule has 2 aromatic rings. The predicted octanol–water partition coefficient (Wildman–Crippen LogP) is 1.64. The van der Waals surface area contributed by atoms with Gasteiger partial charge in [-0.25, -0.2) is 23.1 Å². The Bertz CT molecular complexity index is 736. The highest BCUT2D eigenvalue weighted by molar-refractivity contribution is 7.92. The van der Waals surface area contributed by atoms with Gasteiger partial charge in [-0.2, -0.15) is 4.98 Å². The number of aryl methyl sites for hydroxylation is 1. The van der Waals surface area contributed by atoms with Gasteiger partial charge in [0.25, 0.3) is 10.0 Å². The summed E-state index contributed by atoms with van der Waals surface area (Å²) in [5.41, 5.74) is 0.562. The number of halogens is 1. The first kappa shape index (κ1) is 14.5. The predicted molar refractivity (Wildman–Crippen MR) is 73.4 cm³/mol. The van der Waals surface area contributed by atoms with Crippen molar-refractivity contribution >= 4 is 27.6 Å². The van der Waals surface area contributed by atoms with Gasteiger partial charge in [-0.1, -0.05) is 11.6 Å². The average Bonchev–Trinajstić information content (AvgIpc) is 2.37. The van der Waals surface area contributed by atoms with Crippen LogP contribution >= 0.6 is 11.6 Å². The van der Waals surface area contributed by atoms with Crippen molar-refractivity contribution in [3.8, 4) is 5.88 Å². The molecule has 0 bridgehead atoms. The van der Waals surface area contributed by atoms with Gasteiger partial charge in [0, 0.05) is 18.0 Å². The molecule has 7 nitrogen and oxygen atoms in total. The van der Waals surface area contributed by atoms with Crippen LogP contribution in [-0.4, -0.2) is 30.5 Å². The molecule has 2 heterocycles. The maximum atomic E-state index is 12.2. The largest absolute Gasteiger partial charge is 0.481 e. The number of methoxy groups -OCH3 is 1. The standard InChI is InChI=1S/C11H11ClN4O3S/c1-7-6-9(19-2)15-11(14-7)16-20(17,18)8-4-3-5-13-10(8)12/h3-6H,1-2H3,(H,14,15,16). The Morgan fingerprint density at radius 3 is 2.75 bits per heavy atom. The summed E-state index contributed by atoms with van der Waals surface area (Å²) in [6.45, 7) is 1.69. The minimum absolute atomic E-state index is 0.0956. The van der Waals surface area contributed by atoms with E-state index in [0.29, 0.717) is 5.69 Å². The molecular weight excluding hydrogens is 304 g/mol. The van der Waals surface area contributed by atoms with E-state index in [1.807, 2.05) is 0 Å². The van der Waals surface area contributed by atoms with E-state index in [-0.39, 0.29) is 21.9 Å². The van der Waals surface area contributed by atoms with Gasteiger partial charge in [0.05, 0.1) is 7.11 Å². The minimum atomic E-state index is -3.91. The van der Waals surface area contributed by atoms with Crippen LogP contribution in [0.4, 0.5) is 5.95 Å². The van der Waals surface area contributed by atoms with Crippen molar-refractivity contribution in [3.63, 3.8) is 0 Å². The normalized spacial score (nSPS) is 11.2. The molecule has 0 amide bonds. The lowest BCUT2D eigenvalue weighted by molar-refractivity contribution is 0.397. The average molecular weight is 315 g/mol. The highest BCUT2D eigenvalue weighted by Gasteiger charge is 2.20. The molecule has 0 fully saturated rings. The van der Waals surface area contributed by atoms with Crippen LogP contribution in [0.25, 0.3) is 0 Å². The van der Waals surface area contributed by atoms with Gasteiger partial charge in [-0.15, -0.1) is 0 Å². The molecule has 0 spiro atoms. The van der Waals surface area contributed by atoms with Crippen molar-refractivity contribution in [1.82, 2.24) is 15.0 Å². The van der Waals surface area contributed by atoms with Gasteiger partial charge in [0.15, 0.2) is 0 Å². The number of nitrogens with zero attached hydrogens (tertiary/aromatic N) is 3. The Labute approximate surface area is 121 Å². The number of ether oxygens (including phenoxy) is 1. The Kier molecular flexibility index (Phi) is 4.05. The fourth-order valence-corrected chi connectivity index (χ4v) is 2.83. The van der Waals surface area contributed by atoms with E-state index in [2.05, 4.69) is 19.7 Å². The van der Waals surface area contributed by atoms with E-state index in [1.165, 1.54) is 25.4 Å². The third-order valence-corrected chi connectivity index (χ3v) is 4.05. The molecule has 0 aliphatic carbocycles. The van der Waals surface area contributed by atoms with Crippen molar-refractivity contribution in [2.45, 2.75) is 11.8 Å². The summed E-state index contributed by atoms with van der Waals surface area (Å²) in [4.78, 5) is 11.5. The van der Waals surface area contributed by atoms with E-state index in [1.54, 1.807) is 13.0 Å². The molecule has 0 atom stereocenters. The summed E-state index contributed by atoms with van der Waals surface area (Å²) in [5, 5.41) is -0.125. The zero-order valence-corrected chi connectivity index (χ0v) is 12.2. The molecule has 2 rings (SSSR count). The number of nitrogens with one attached hydrogen (secondary N) is 1. The van der Waals surface area contributed by atoms with Gasteiger partial charge < -0.3 is 4.74 Å². The Hall–Kier alpha value is -1.93. The quantitative estimate of drug-likeness (QED) is 0.862. The number of rotatable bonds is 4. The summed E-state index contributed by atoms with van der Waals surface area (Å²) in [6, 6.07) is 4.39. The Morgan fingerprint density at radius 2 is 2.10 bits per heavy atom. The van der Waals surface area contributed by atoms with Crippen LogP contribution in [0.15, 0.2) is 29.3 Å². The van der Waals surface area contributed by atoms with Crippen LogP contribution in [0.2, 0.25) is 5.15 Å². The van der Waals surface area contributed by atoms with Crippen molar-refractivity contribution in [1.29, 1.82) is 0 Å². The van der Waals surface area contributed by atoms with Crippen molar-refractivity contribution < 1.29 is 13.2 Å². The molecular formula is C11H11ClN4O3S. The van der Waals surface area contributed by atoms with E-state index in [4.69, 9.17) is 16.3 Å². The molecule has 2 aromatic heterocycles. The van der Waals surface area contributed by atoms with Gasteiger partial charge in [-0.3, -0.25) is 0 Å². The highest BCUT2D eigenvalue weighted by Crippen LogP contribution is 2.21. The lowest BCUT2D eigenvalue weighted by Gasteiger charge is -2.09. The molecule has 0 unspecified atom stereocenters. The number of hydrogen-bond acceptors (Lipinski definition) is 6. The summed E-state index contributed by atoms with van der Waals surface area (Å²) in [7, 11) is -2.48. The smallest absolute Gasteiger partial charge is 0.267 e. The van der Waals surface area contributed by atoms with Crippen molar-refractivity contribution in [2.24, 2.45) is 0 Å². The number of sulfonamides is 1. The molecule has 0 radical (unpaired) electrons. The van der Waals surface area contributed by atoms with Gasteiger partial charge in [0.2, 0.25) is 11.8 Å². The zero-order chi connectivity index (χ0) is 14.8. The van der Waals surface area contributed by atoms with Crippen LogP contribution in [0.3, 0.4) is 0 Å². The fourth-order valence-electron chi connectivity index (χ4n) is 1.44. The summed E-state index contributed by atoms with van der Waals surface area (Å²) < 4.78 is 31.5. The minimum Gasteiger partial charge on any atom is -0.481 e. The third kappa shape index (κ3) is 3.14. The first-order valence-corrected chi connectivity index (χ1v) is 7.31. The molecule has 1 N–H and O–H groups in total. The van der Waals surface area contributed by atoms with E-state index in [0.717, 1.165) is 0 Å². The molecule has 9 heteroatoms. The summed E-state index contributed by atoms with van der Waals surface area (Å²) in [6.07, 6.45) is 1.40. The molecule has 0 aliphatic rings. The van der Waals surface area contributed by atoms with Crippen LogP contribution in [0.1, 0.15) is 5.69 Å². The van der Waals surface area contributed by atoms with Crippen LogP contribution in [0.5, 0.6) is 5.88 Å². The Morgan fingerprint density at radius 1 is 1.35 bits per heavy atom. The van der Waals surface area contributed by atoms with Crippen molar-refractivity contribution in [3.05, 3.63) is 35.2 Å². The summed E-state index contributed by atoms with van der Waals surface area (Å²) >= 11 is 5.77. The monoisotopic (exact) mass is 314 g/mol.